The highest BCUT2D eigenvalue weighted by Crippen LogP contribution is 2.45. The lowest BCUT2D eigenvalue weighted by molar-refractivity contribution is -0.115. The fourth-order valence-corrected chi connectivity index (χ4v) is 3.59. The molecule has 0 bridgehead atoms. The number of carbonyl (C=O) groups is 3. The maximum atomic E-state index is 12.8. The summed E-state index contributed by atoms with van der Waals surface area (Å²) in [4.78, 5) is 37.8. The predicted molar refractivity (Wildman–Crippen MR) is 78.6 cm³/mol. The van der Waals surface area contributed by atoms with Gasteiger partial charge in [-0.05, 0) is 6.42 Å². The van der Waals surface area contributed by atoms with Gasteiger partial charge in [0.2, 0.25) is 5.78 Å². The molecule has 2 atom stereocenters. The van der Waals surface area contributed by atoms with Gasteiger partial charge >= 0.3 is 0 Å². The third-order valence-electron chi connectivity index (χ3n) is 4.61. The average Bonchev–Trinajstić information content (AvgIpc) is 2.56. The van der Waals surface area contributed by atoms with Crippen molar-refractivity contribution >= 4 is 17.3 Å². The van der Waals surface area contributed by atoms with Crippen LogP contribution in [0.25, 0.3) is 0 Å². The minimum absolute atomic E-state index is 0.0360. The van der Waals surface area contributed by atoms with E-state index in [1.54, 1.807) is 36.4 Å². The first-order valence-electron chi connectivity index (χ1n) is 7.13. The van der Waals surface area contributed by atoms with Gasteiger partial charge in [0.25, 0.3) is 0 Å². The van der Waals surface area contributed by atoms with Crippen LogP contribution in [0.1, 0.15) is 27.1 Å². The van der Waals surface area contributed by atoms with E-state index < -0.39 is 23.2 Å². The third-order valence-corrected chi connectivity index (χ3v) is 4.61. The van der Waals surface area contributed by atoms with Crippen LogP contribution in [0.4, 0.5) is 0 Å². The molecule has 0 spiro atoms. The van der Waals surface area contributed by atoms with Crippen LogP contribution < -0.4 is 0 Å². The van der Waals surface area contributed by atoms with E-state index in [4.69, 9.17) is 0 Å². The van der Waals surface area contributed by atoms with Gasteiger partial charge in [-0.2, -0.15) is 0 Å². The summed E-state index contributed by atoms with van der Waals surface area (Å²) >= 11 is 0. The lowest BCUT2D eigenvalue weighted by atomic mass is 9.63. The predicted octanol–water partition coefficient (Wildman–Crippen LogP) is 2.58. The molecule has 0 aromatic heterocycles. The van der Waals surface area contributed by atoms with Gasteiger partial charge in [-0.25, -0.2) is 0 Å². The van der Waals surface area contributed by atoms with Crippen molar-refractivity contribution in [3.63, 3.8) is 0 Å². The van der Waals surface area contributed by atoms with Crippen LogP contribution in [-0.4, -0.2) is 22.5 Å². The molecule has 0 saturated carbocycles. The molecule has 0 radical (unpaired) electrons. The molecule has 3 aliphatic carbocycles. The summed E-state index contributed by atoms with van der Waals surface area (Å²) in [6.07, 6.45) is 5.76. The minimum atomic E-state index is -0.767. The minimum Gasteiger partial charge on any atom is -0.504 e. The van der Waals surface area contributed by atoms with E-state index in [1.807, 2.05) is 6.08 Å². The molecule has 108 valence electrons. The lowest BCUT2D eigenvalue weighted by Gasteiger charge is -2.36. The van der Waals surface area contributed by atoms with Crippen molar-refractivity contribution in [1.29, 1.82) is 0 Å². The van der Waals surface area contributed by atoms with Crippen LogP contribution in [0.3, 0.4) is 0 Å². The third kappa shape index (κ3) is 1.49. The summed E-state index contributed by atoms with van der Waals surface area (Å²) in [6, 6.07) is 6.57. The standard InChI is InChI=1S/C18H12O4/c19-15-11-7-3-4-8-12(11)16(20)14-13(15)9-5-1-2-6-10(9)17(21)18(14)22/h1-4,6-9,13,22H,5H2. The van der Waals surface area contributed by atoms with Gasteiger partial charge in [-0.15, -0.1) is 0 Å². The highest BCUT2D eigenvalue weighted by atomic mass is 16.3. The van der Waals surface area contributed by atoms with Gasteiger partial charge in [0.15, 0.2) is 17.3 Å². The van der Waals surface area contributed by atoms with Crippen molar-refractivity contribution in [2.75, 3.05) is 0 Å². The molecule has 22 heavy (non-hydrogen) atoms. The number of allylic oxidation sites excluding steroid dienone is 5. The van der Waals surface area contributed by atoms with E-state index in [2.05, 4.69) is 0 Å². The molecule has 0 saturated heterocycles. The van der Waals surface area contributed by atoms with Crippen molar-refractivity contribution in [3.05, 3.63) is 70.5 Å². The number of aliphatic hydroxyl groups is 1. The van der Waals surface area contributed by atoms with Gasteiger partial charge in [0.05, 0.1) is 11.5 Å². The normalized spacial score (nSPS) is 26.4. The van der Waals surface area contributed by atoms with Gasteiger partial charge in [0, 0.05) is 22.6 Å². The molecule has 4 nitrogen and oxygen atoms in total. The van der Waals surface area contributed by atoms with Crippen LogP contribution in [0, 0.1) is 11.8 Å². The van der Waals surface area contributed by atoms with E-state index in [9.17, 15) is 19.5 Å². The average molecular weight is 292 g/mol. The molecule has 1 N–H and O–H groups in total. The van der Waals surface area contributed by atoms with Crippen LogP contribution in [-0.2, 0) is 4.79 Å². The maximum Gasteiger partial charge on any atom is 0.224 e. The molecule has 1 aromatic carbocycles. The highest BCUT2D eigenvalue weighted by Gasteiger charge is 2.49. The Morgan fingerprint density at radius 2 is 1.73 bits per heavy atom. The van der Waals surface area contributed by atoms with Gasteiger partial charge < -0.3 is 5.11 Å². The molecule has 3 aliphatic rings. The van der Waals surface area contributed by atoms with Crippen molar-refractivity contribution < 1.29 is 19.5 Å². The second kappa shape index (κ2) is 4.37. The molecule has 4 rings (SSSR count). The first-order chi connectivity index (χ1) is 10.6. The number of rotatable bonds is 0. The van der Waals surface area contributed by atoms with Crippen molar-refractivity contribution in [3.8, 4) is 0 Å². The van der Waals surface area contributed by atoms with Gasteiger partial charge in [-0.1, -0.05) is 42.5 Å². The number of Topliss-reactive ketones (excluding diaryl/α,β-unsaturated/α-hetero) is 3. The second-order valence-corrected chi connectivity index (χ2v) is 5.70. The van der Waals surface area contributed by atoms with E-state index in [1.165, 1.54) is 0 Å². The molecule has 1 aromatic rings. The quantitative estimate of drug-likeness (QED) is 0.797. The Bertz CT molecular complexity index is 838. The van der Waals surface area contributed by atoms with Crippen LogP contribution in [0.15, 0.2) is 59.4 Å². The summed E-state index contributed by atoms with van der Waals surface area (Å²) in [5.74, 6) is -2.86. The zero-order valence-electron chi connectivity index (χ0n) is 11.6. The molecule has 0 heterocycles. The zero-order valence-corrected chi connectivity index (χ0v) is 11.6. The molecule has 4 heteroatoms. The summed E-state index contributed by atoms with van der Waals surface area (Å²) in [5.41, 5.74) is 1.01. The summed E-state index contributed by atoms with van der Waals surface area (Å²) in [6.45, 7) is 0. The first kappa shape index (κ1) is 13.0. The number of ketones is 3. The van der Waals surface area contributed by atoms with Crippen LogP contribution in [0.5, 0.6) is 0 Å². The monoisotopic (exact) mass is 292 g/mol. The molecule has 2 unspecified atom stereocenters. The Labute approximate surface area is 126 Å². The largest absolute Gasteiger partial charge is 0.504 e. The van der Waals surface area contributed by atoms with Gasteiger partial charge in [-0.3, -0.25) is 14.4 Å². The van der Waals surface area contributed by atoms with Crippen LogP contribution in [0.2, 0.25) is 0 Å². The Kier molecular flexibility index (Phi) is 2.57. The van der Waals surface area contributed by atoms with E-state index in [0.29, 0.717) is 17.6 Å². The smallest absolute Gasteiger partial charge is 0.224 e. The number of hydrogen-bond donors (Lipinski definition) is 1. The first-order valence-corrected chi connectivity index (χ1v) is 7.13. The summed E-state index contributed by atoms with van der Waals surface area (Å²) < 4.78 is 0. The van der Waals surface area contributed by atoms with Crippen molar-refractivity contribution in [2.45, 2.75) is 6.42 Å². The zero-order chi connectivity index (χ0) is 15.4. The second-order valence-electron chi connectivity index (χ2n) is 5.70. The van der Waals surface area contributed by atoms with Crippen LogP contribution >= 0.6 is 0 Å². The molecule has 0 amide bonds. The Hall–Kier alpha value is -2.75. The Morgan fingerprint density at radius 1 is 1.00 bits per heavy atom. The molecule has 0 aliphatic heterocycles. The lowest BCUT2D eigenvalue weighted by Crippen LogP contribution is -2.42. The van der Waals surface area contributed by atoms with E-state index in [-0.39, 0.29) is 22.8 Å². The SMILES string of the molecule is O=C1C2=CC=CCC2C2C(=O)c3ccccc3C(=O)C2=C1O. The Morgan fingerprint density at radius 3 is 2.50 bits per heavy atom. The summed E-state index contributed by atoms with van der Waals surface area (Å²) in [5, 5.41) is 10.2. The number of benzene rings is 1. The summed E-state index contributed by atoms with van der Waals surface area (Å²) in [7, 11) is 0. The fourth-order valence-electron chi connectivity index (χ4n) is 3.59. The number of carbonyl (C=O) groups excluding carboxylic acids is 3. The van der Waals surface area contributed by atoms with Gasteiger partial charge in [0.1, 0.15) is 0 Å². The van der Waals surface area contributed by atoms with E-state index in [0.717, 1.165) is 0 Å². The molecule has 0 fully saturated rings. The number of fused-ring (bicyclic) bond motifs is 4. The Balaban J connectivity index is 2.01. The van der Waals surface area contributed by atoms with Crippen molar-refractivity contribution in [1.82, 2.24) is 0 Å². The number of hydrogen-bond acceptors (Lipinski definition) is 4. The fraction of sp³-hybridized carbons (Fsp3) is 0.167. The highest BCUT2D eigenvalue weighted by molar-refractivity contribution is 6.28. The maximum absolute atomic E-state index is 12.8. The number of aliphatic hydroxyl groups excluding tert-OH is 1. The van der Waals surface area contributed by atoms with Crippen molar-refractivity contribution in [2.24, 2.45) is 11.8 Å². The van der Waals surface area contributed by atoms with E-state index >= 15 is 0 Å². The topological polar surface area (TPSA) is 71.4 Å². The molecular weight excluding hydrogens is 280 g/mol. The molecular formula is C18H12O4.